The summed E-state index contributed by atoms with van der Waals surface area (Å²) in [5.41, 5.74) is 6.40. The van der Waals surface area contributed by atoms with Crippen LogP contribution in [0.3, 0.4) is 0 Å². The van der Waals surface area contributed by atoms with Crippen LogP contribution in [0.5, 0.6) is 0 Å². The number of amides is 6. The summed E-state index contributed by atoms with van der Waals surface area (Å²) < 4.78 is 48.9. The van der Waals surface area contributed by atoms with Gasteiger partial charge in [0.15, 0.2) is 0 Å². The topological polar surface area (TPSA) is 178 Å². The number of ether oxygens (including phenoxy) is 2. The number of piperidine rings is 1. The lowest BCUT2D eigenvalue weighted by Crippen LogP contribution is -2.33. The summed E-state index contributed by atoms with van der Waals surface area (Å²) in [4.78, 5) is 36.0. The third-order valence-electron chi connectivity index (χ3n) is 12.1. The molecule has 3 aliphatic rings. The summed E-state index contributed by atoms with van der Waals surface area (Å²) in [6, 6.07) is 40.1. The lowest BCUT2D eigenvalue weighted by atomic mass is 9.93. The van der Waals surface area contributed by atoms with Gasteiger partial charge in [-0.1, -0.05) is 59.6 Å². The van der Waals surface area contributed by atoms with Crippen molar-refractivity contribution < 1.29 is 37.0 Å². The van der Waals surface area contributed by atoms with Gasteiger partial charge in [-0.15, -0.1) is 0 Å². The Morgan fingerprint density at radius 3 is 1.18 bits per heavy atom. The Kier molecular flexibility index (Phi) is 20.9. The lowest BCUT2D eigenvalue weighted by Gasteiger charge is -2.24. The van der Waals surface area contributed by atoms with E-state index in [1.165, 1.54) is 37.0 Å². The van der Waals surface area contributed by atoms with Crippen molar-refractivity contribution in [2.75, 3.05) is 84.4 Å². The molecule has 14 nitrogen and oxygen atoms in total. The SMILES string of the molecule is O=C(Nc1ccc(C2CNCCO2)cc1)Nc1ccc(C(F)(F)F)cc1.O=C(Nc1ccc(Cl)cc1)Nc1ccc(C2CNCCO2)cc1.O=C(Nc1ccc(Cl)cc1)Nc1ccc(CCC2CCCNC2)cc1. The molecule has 0 aromatic heterocycles. The maximum absolute atomic E-state index is 12.5. The molecule has 0 aliphatic carbocycles. The molecule has 0 spiro atoms. The first-order valence-corrected chi connectivity index (χ1v) is 25.1. The van der Waals surface area contributed by atoms with Crippen molar-refractivity contribution >= 4 is 75.4 Å². The van der Waals surface area contributed by atoms with Gasteiger partial charge in [-0.2, -0.15) is 13.2 Å². The highest BCUT2D eigenvalue weighted by Gasteiger charge is 2.30. The maximum Gasteiger partial charge on any atom is 0.416 e. The van der Waals surface area contributed by atoms with E-state index in [0.29, 0.717) is 40.3 Å². The van der Waals surface area contributed by atoms with Crippen molar-refractivity contribution in [3.63, 3.8) is 0 Å². The molecule has 19 heteroatoms. The fourth-order valence-corrected chi connectivity index (χ4v) is 8.36. The summed E-state index contributed by atoms with van der Waals surface area (Å²) in [7, 11) is 0. The first kappa shape index (κ1) is 55.1. The summed E-state index contributed by atoms with van der Waals surface area (Å²) in [6.07, 6.45) is 0.577. The predicted molar refractivity (Wildman–Crippen MR) is 289 cm³/mol. The Hall–Kier alpha value is -6.70. The van der Waals surface area contributed by atoms with E-state index in [1.807, 2.05) is 48.5 Å². The average Bonchev–Trinajstić information content (AvgIpc) is 3.41. The monoisotopic (exact) mass is 1050 g/mol. The molecule has 0 saturated carbocycles. The standard InChI is InChI=1S/C20H24ClN3O.C18H18F3N3O2.C17H18ClN3O2/c21-17-7-11-19(12-8-17)24-20(25)23-18-9-5-15(6-10-18)3-4-16-2-1-13-22-14-16;19-18(20,21)13-3-7-15(8-4-13)24-17(25)23-14-5-1-12(2-6-14)16-11-22-9-10-26-16;18-13-3-7-15(8-4-13)21-17(22)20-14-5-1-12(2-6-14)16-11-19-9-10-23-16/h5-12,16,22H,1-4,13-14H2,(H2,23,24,25);1-8,16,22H,9-11H2,(H2,23,24,25);1-8,16,19H,9-11H2,(H2,20,21,22). The zero-order chi connectivity index (χ0) is 52.1. The molecule has 6 amide bonds. The van der Waals surface area contributed by atoms with Crippen LogP contribution in [0.1, 0.15) is 53.7 Å². The summed E-state index contributed by atoms with van der Waals surface area (Å²) in [5.74, 6) is 0.789. The minimum absolute atomic E-state index is 0.0150. The van der Waals surface area contributed by atoms with Gasteiger partial charge in [0.05, 0.1) is 31.0 Å². The van der Waals surface area contributed by atoms with Gasteiger partial charge >= 0.3 is 24.3 Å². The highest BCUT2D eigenvalue weighted by atomic mass is 35.5. The number of hydrogen-bond acceptors (Lipinski definition) is 8. The summed E-state index contributed by atoms with van der Waals surface area (Å²) in [6.45, 7) is 6.94. The second-order valence-electron chi connectivity index (χ2n) is 17.6. The van der Waals surface area contributed by atoms with Gasteiger partial charge in [-0.05, 0) is 171 Å². The molecule has 3 heterocycles. The second kappa shape index (κ2) is 28.1. The van der Waals surface area contributed by atoms with Gasteiger partial charge in [0, 0.05) is 70.3 Å². The van der Waals surface area contributed by atoms with Gasteiger partial charge in [0.1, 0.15) is 0 Å². The van der Waals surface area contributed by atoms with Crippen LogP contribution in [0.4, 0.5) is 61.7 Å². The number of benzene rings is 6. The van der Waals surface area contributed by atoms with Crippen molar-refractivity contribution in [1.29, 1.82) is 0 Å². The van der Waals surface area contributed by atoms with Gasteiger partial charge in [-0.25, -0.2) is 14.4 Å². The molecule has 74 heavy (non-hydrogen) atoms. The first-order chi connectivity index (χ1) is 35.8. The average molecular weight is 1060 g/mol. The number of carbonyl (C=O) groups is 3. The summed E-state index contributed by atoms with van der Waals surface area (Å²) >= 11 is 11.6. The molecule has 9 rings (SSSR count). The van der Waals surface area contributed by atoms with Crippen LogP contribution >= 0.6 is 23.2 Å². The predicted octanol–water partition coefficient (Wildman–Crippen LogP) is 12.6. The van der Waals surface area contributed by atoms with Crippen LogP contribution in [-0.4, -0.2) is 70.6 Å². The Bertz CT molecular complexity index is 2670. The van der Waals surface area contributed by atoms with Crippen molar-refractivity contribution in [3.8, 4) is 0 Å². The number of alkyl halides is 3. The maximum atomic E-state index is 12.5. The molecule has 9 N–H and O–H groups in total. The van der Waals surface area contributed by atoms with E-state index >= 15 is 0 Å². The molecule has 3 atom stereocenters. The number of anilines is 6. The van der Waals surface area contributed by atoms with Crippen LogP contribution in [0.15, 0.2) is 146 Å². The zero-order valence-corrected chi connectivity index (χ0v) is 42.0. The molecule has 3 saturated heterocycles. The lowest BCUT2D eigenvalue weighted by molar-refractivity contribution is -0.137. The van der Waals surface area contributed by atoms with Crippen LogP contribution in [0.2, 0.25) is 10.0 Å². The van der Waals surface area contributed by atoms with Crippen molar-refractivity contribution in [3.05, 3.63) is 178 Å². The quantitative estimate of drug-likeness (QED) is 0.0615. The number of halogens is 5. The second-order valence-corrected chi connectivity index (χ2v) is 18.5. The number of rotatable bonds is 11. The van der Waals surface area contributed by atoms with Crippen molar-refractivity contribution in [1.82, 2.24) is 16.0 Å². The van der Waals surface area contributed by atoms with Crippen LogP contribution in [-0.2, 0) is 22.1 Å². The van der Waals surface area contributed by atoms with Crippen molar-refractivity contribution in [2.24, 2.45) is 5.92 Å². The van der Waals surface area contributed by atoms with E-state index in [-0.39, 0.29) is 30.0 Å². The molecule has 6 aromatic carbocycles. The molecule has 0 bridgehead atoms. The van der Waals surface area contributed by atoms with Crippen LogP contribution < -0.4 is 47.9 Å². The van der Waals surface area contributed by atoms with Gasteiger partial charge in [0.2, 0.25) is 0 Å². The minimum atomic E-state index is -4.40. The van der Waals surface area contributed by atoms with Crippen LogP contribution in [0, 0.1) is 5.92 Å². The molecule has 390 valence electrons. The Morgan fingerprint density at radius 2 is 0.838 bits per heavy atom. The van der Waals surface area contributed by atoms with Crippen LogP contribution in [0.25, 0.3) is 0 Å². The molecular weight excluding hydrogens is 995 g/mol. The molecule has 3 aliphatic heterocycles. The highest BCUT2D eigenvalue weighted by Crippen LogP contribution is 2.30. The third kappa shape index (κ3) is 18.7. The first-order valence-electron chi connectivity index (χ1n) is 24.4. The number of aryl methyl sites for hydroxylation is 1. The van der Waals surface area contributed by atoms with E-state index in [1.54, 1.807) is 60.7 Å². The fourth-order valence-electron chi connectivity index (χ4n) is 8.11. The minimum Gasteiger partial charge on any atom is -0.371 e. The van der Waals surface area contributed by atoms with Crippen molar-refractivity contribution in [2.45, 2.75) is 44.1 Å². The van der Waals surface area contributed by atoms with Gasteiger partial charge in [-0.3, -0.25) is 0 Å². The molecule has 3 fully saturated rings. The van der Waals surface area contributed by atoms with Gasteiger partial charge < -0.3 is 57.3 Å². The smallest absolute Gasteiger partial charge is 0.371 e. The number of hydrogen-bond donors (Lipinski definition) is 9. The third-order valence-corrected chi connectivity index (χ3v) is 12.6. The van der Waals surface area contributed by atoms with E-state index in [2.05, 4.69) is 60.0 Å². The van der Waals surface area contributed by atoms with E-state index in [9.17, 15) is 27.6 Å². The molecule has 0 radical (unpaired) electrons. The normalized spacial score (nSPS) is 17.4. The van der Waals surface area contributed by atoms with Gasteiger partial charge in [0.25, 0.3) is 0 Å². The molecule has 6 aromatic rings. The van der Waals surface area contributed by atoms with E-state index in [4.69, 9.17) is 32.7 Å². The number of nitrogens with one attached hydrogen (secondary N) is 9. The Morgan fingerprint density at radius 1 is 0.486 bits per heavy atom. The van der Waals surface area contributed by atoms with E-state index in [0.717, 1.165) is 86.2 Å². The molecule has 3 unspecified atom stereocenters. The number of carbonyl (C=O) groups excluding carboxylic acids is 3. The Labute approximate surface area is 438 Å². The summed E-state index contributed by atoms with van der Waals surface area (Å²) in [5, 5.41) is 27.6. The largest absolute Gasteiger partial charge is 0.416 e. The fraction of sp³-hybridized carbons (Fsp3) is 0.291. The number of morpholine rings is 2. The Balaban J connectivity index is 0.000000162. The molecular formula is C55H60Cl2F3N9O5. The number of urea groups is 3. The zero-order valence-electron chi connectivity index (χ0n) is 40.5. The van der Waals surface area contributed by atoms with E-state index < -0.39 is 17.8 Å². The highest BCUT2D eigenvalue weighted by molar-refractivity contribution is 6.31.